The molecule has 2 heterocycles. The summed E-state index contributed by atoms with van der Waals surface area (Å²) in [5.74, 6) is 0.414. The number of hydrogen-bond acceptors (Lipinski definition) is 3. The van der Waals surface area contributed by atoms with Gasteiger partial charge in [0.1, 0.15) is 5.58 Å². The summed E-state index contributed by atoms with van der Waals surface area (Å²) in [6.45, 7) is 8.41. The summed E-state index contributed by atoms with van der Waals surface area (Å²) in [6.07, 6.45) is 5.50. The van der Waals surface area contributed by atoms with Gasteiger partial charge in [-0.1, -0.05) is 19.9 Å². The summed E-state index contributed by atoms with van der Waals surface area (Å²) in [4.78, 5) is 16.5. The Morgan fingerprint density at radius 1 is 1.28 bits per heavy atom. The minimum atomic E-state index is -0.0761. The van der Waals surface area contributed by atoms with Crippen molar-refractivity contribution in [2.75, 3.05) is 0 Å². The molecule has 1 N–H and O–H groups in total. The minimum Gasteiger partial charge on any atom is -0.464 e. The molecule has 4 heteroatoms. The largest absolute Gasteiger partial charge is 0.464 e. The van der Waals surface area contributed by atoms with Gasteiger partial charge in [-0.25, -0.2) is 0 Å². The van der Waals surface area contributed by atoms with Gasteiger partial charge in [-0.05, 0) is 54.7 Å². The number of hydrogen-bond donors (Lipinski definition) is 1. The number of rotatable bonds is 5. The maximum atomic E-state index is 12.5. The molecule has 130 valence electrons. The van der Waals surface area contributed by atoms with E-state index in [2.05, 4.69) is 43.2 Å². The minimum absolute atomic E-state index is 0.0225. The Bertz CT molecular complexity index is 882. The van der Waals surface area contributed by atoms with E-state index in [1.165, 1.54) is 11.1 Å². The van der Waals surface area contributed by atoms with Gasteiger partial charge in [-0.15, -0.1) is 0 Å². The van der Waals surface area contributed by atoms with Gasteiger partial charge in [-0.3, -0.25) is 9.78 Å². The highest BCUT2D eigenvalue weighted by Crippen LogP contribution is 2.29. The first-order valence-electron chi connectivity index (χ1n) is 8.65. The molecule has 1 aromatic carbocycles. The van der Waals surface area contributed by atoms with Gasteiger partial charge in [0.2, 0.25) is 5.91 Å². The molecule has 0 aliphatic heterocycles. The Morgan fingerprint density at radius 3 is 2.76 bits per heavy atom. The third-order valence-corrected chi connectivity index (χ3v) is 4.58. The van der Waals surface area contributed by atoms with Crippen molar-refractivity contribution in [3.8, 4) is 0 Å². The average Bonchev–Trinajstić information content (AvgIpc) is 2.96. The van der Waals surface area contributed by atoms with Crippen molar-refractivity contribution in [2.24, 2.45) is 0 Å². The van der Waals surface area contributed by atoms with Crippen LogP contribution in [0.3, 0.4) is 0 Å². The monoisotopic (exact) mass is 336 g/mol. The van der Waals surface area contributed by atoms with Crippen LogP contribution in [0.15, 0.2) is 47.3 Å². The maximum absolute atomic E-state index is 12.5. The highest BCUT2D eigenvalue weighted by atomic mass is 16.3. The quantitative estimate of drug-likeness (QED) is 0.736. The fourth-order valence-corrected chi connectivity index (χ4v) is 3.18. The van der Waals surface area contributed by atoms with Crippen molar-refractivity contribution in [2.45, 2.75) is 46.1 Å². The number of benzene rings is 1. The van der Waals surface area contributed by atoms with Crippen molar-refractivity contribution >= 4 is 16.9 Å². The van der Waals surface area contributed by atoms with Crippen LogP contribution in [-0.4, -0.2) is 10.9 Å². The summed E-state index contributed by atoms with van der Waals surface area (Å²) in [7, 11) is 0. The smallest absolute Gasteiger partial charge is 0.225 e. The van der Waals surface area contributed by atoms with Gasteiger partial charge in [-0.2, -0.15) is 0 Å². The highest BCUT2D eigenvalue weighted by molar-refractivity contribution is 5.88. The van der Waals surface area contributed by atoms with E-state index in [9.17, 15) is 4.79 Å². The zero-order chi connectivity index (χ0) is 18.0. The predicted molar refractivity (Wildman–Crippen MR) is 99.5 cm³/mol. The molecule has 2 aromatic heterocycles. The van der Waals surface area contributed by atoms with Crippen LogP contribution in [-0.2, 0) is 11.2 Å². The third-order valence-electron chi connectivity index (χ3n) is 4.58. The number of aryl methyl sites for hydroxylation is 1. The van der Waals surface area contributed by atoms with Gasteiger partial charge in [0.05, 0.1) is 18.7 Å². The van der Waals surface area contributed by atoms with Crippen molar-refractivity contribution in [3.63, 3.8) is 0 Å². The number of amides is 1. The van der Waals surface area contributed by atoms with Crippen molar-refractivity contribution in [1.29, 1.82) is 0 Å². The molecule has 0 bridgehead atoms. The number of aromatic nitrogens is 1. The lowest BCUT2D eigenvalue weighted by Gasteiger charge is -2.14. The van der Waals surface area contributed by atoms with Crippen LogP contribution in [0.25, 0.3) is 11.0 Å². The zero-order valence-electron chi connectivity index (χ0n) is 15.2. The molecule has 3 rings (SSSR count). The molecule has 25 heavy (non-hydrogen) atoms. The van der Waals surface area contributed by atoms with Crippen LogP contribution in [0.1, 0.15) is 55.0 Å². The van der Waals surface area contributed by atoms with E-state index in [0.717, 1.165) is 22.1 Å². The average molecular weight is 336 g/mol. The topological polar surface area (TPSA) is 55.1 Å². The highest BCUT2D eigenvalue weighted by Gasteiger charge is 2.15. The fraction of sp³-hybridized carbons (Fsp3) is 0.333. The molecule has 0 spiro atoms. The fourth-order valence-electron chi connectivity index (χ4n) is 3.18. The normalized spacial score (nSPS) is 12.5. The van der Waals surface area contributed by atoms with E-state index in [-0.39, 0.29) is 11.9 Å². The van der Waals surface area contributed by atoms with Crippen LogP contribution in [0.4, 0.5) is 0 Å². The molecular weight excluding hydrogens is 312 g/mol. The second kappa shape index (κ2) is 7.09. The summed E-state index contributed by atoms with van der Waals surface area (Å²) >= 11 is 0. The SMILES string of the molecule is Cc1cc2occ(CC(=O)N[C@H](C)c3cccnc3)c2cc1C(C)C. The van der Waals surface area contributed by atoms with Gasteiger partial charge < -0.3 is 9.73 Å². The predicted octanol–water partition coefficient (Wildman–Crippen LogP) is 4.68. The Labute approximate surface area is 148 Å². The van der Waals surface area contributed by atoms with Crippen molar-refractivity contribution in [3.05, 3.63) is 65.2 Å². The number of fused-ring (bicyclic) bond motifs is 1. The Kier molecular flexibility index (Phi) is 4.88. The molecule has 3 aromatic rings. The van der Waals surface area contributed by atoms with E-state index < -0.39 is 0 Å². The summed E-state index contributed by atoms with van der Waals surface area (Å²) in [5, 5.41) is 4.05. The van der Waals surface area contributed by atoms with Crippen LogP contribution in [0.2, 0.25) is 0 Å². The Hall–Kier alpha value is -2.62. The number of nitrogens with one attached hydrogen (secondary N) is 1. The van der Waals surface area contributed by atoms with Crippen molar-refractivity contribution in [1.82, 2.24) is 10.3 Å². The number of furan rings is 1. The molecule has 1 atom stereocenters. The van der Waals surface area contributed by atoms with E-state index in [1.54, 1.807) is 18.7 Å². The third kappa shape index (κ3) is 3.73. The Morgan fingerprint density at radius 2 is 2.08 bits per heavy atom. The lowest BCUT2D eigenvalue weighted by molar-refractivity contribution is -0.121. The first kappa shape index (κ1) is 17.2. The van der Waals surface area contributed by atoms with E-state index in [1.807, 2.05) is 19.1 Å². The summed E-state index contributed by atoms with van der Waals surface area (Å²) in [5.41, 5.74) is 5.26. The van der Waals surface area contributed by atoms with Crippen LogP contribution >= 0.6 is 0 Å². The molecule has 0 aliphatic rings. The lowest BCUT2D eigenvalue weighted by atomic mass is 9.95. The molecule has 1 amide bonds. The van der Waals surface area contributed by atoms with Gasteiger partial charge >= 0.3 is 0 Å². The van der Waals surface area contributed by atoms with E-state index in [0.29, 0.717) is 12.3 Å². The first-order chi connectivity index (χ1) is 12.0. The van der Waals surface area contributed by atoms with Crippen LogP contribution < -0.4 is 5.32 Å². The lowest BCUT2D eigenvalue weighted by Crippen LogP contribution is -2.28. The van der Waals surface area contributed by atoms with Gasteiger partial charge in [0, 0.05) is 23.3 Å². The molecule has 0 saturated heterocycles. The molecule has 0 radical (unpaired) electrons. The van der Waals surface area contributed by atoms with Gasteiger partial charge in [0.25, 0.3) is 0 Å². The molecule has 0 fully saturated rings. The van der Waals surface area contributed by atoms with E-state index >= 15 is 0 Å². The number of carbonyl (C=O) groups excluding carboxylic acids is 1. The van der Waals surface area contributed by atoms with E-state index in [4.69, 9.17) is 4.42 Å². The number of pyridine rings is 1. The molecule has 0 aliphatic carbocycles. The molecule has 0 saturated carbocycles. The standard InChI is InChI=1S/C21H24N2O2/c1-13(2)18-10-19-17(12-25-20(19)8-14(18)3)9-21(24)23-15(4)16-6-5-7-22-11-16/h5-8,10-13,15H,9H2,1-4H3,(H,23,24)/t15-/m1/s1. The summed E-state index contributed by atoms with van der Waals surface area (Å²) in [6, 6.07) is 7.98. The molecule has 0 unspecified atom stereocenters. The second-order valence-electron chi connectivity index (χ2n) is 6.87. The number of carbonyl (C=O) groups is 1. The van der Waals surface area contributed by atoms with Crippen LogP contribution in [0, 0.1) is 6.92 Å². The number of nitrogens with zero attached hydrogens (tertiary/aromatic N) is 1. The van der Waals surface area contributed by atoms with Crippen molar-refractivity contribution < 1.29 is 9.21 Å². The first-order valence-corrected chi connectivity index (χ1v) is 8.65. The molecule has 4 nitrogen and oxygen atoms in total. The Balaban J connectivity index is 1.78. The maximum Gasteiger partial charge on any atom is 0.225 e. The van der Waals surface area contributed by atoms with Crippen LogP contribution in [0.5, 0.6) is 0 Å². The molecular formula is C21H24N2O2. The second-order valence-corrected chi connectivity index (χ2v) is 6.87. The zero-order valence-corrected chi connectivity index (χ0v) is 15.2. The van der Waals surface area contributed by atoms with Gasteiger partial charge in [0.15, 0.2) is 0 Å². The summed E-state index contributed by atoms with van der Waals surface area (Å²) < 4.78 is 5.67.